The maximum Gasteiger partial charge on any atom is 0.188 e. The molecule has 0 aliphatic rings. The Hall–Kier alpha value is -7.86. The molecule has 3 aromatic heterocycles. The van der Waals surface area contributed by atoms with Crippen molar-refractivity contribution in [1.82, 2.24) is 13.7 Å². The second-order valence-electron chi connectivity index (χ2n) is 14.0. The first-order valence-electron chi connectivity index (χ1n) is 18.3. The normalized spacial score (nSPS) is 11.6. The van der Waals surface area contributed by atoms with Crippen LogP contribution in [0.2, 0.25) is 0 Å². The van der Waals surface area contributed by atoms with Crippen molar-refractivity contribution in [2.45, 2.75) is 0 Å². The lowest BCUT2D eigenvalue weighted by atomic mass is 9.99. The summed E-state index contributed by atoms with van der Waals surface area (Å²) in [6.07, 6.45) is 0. The van der Waals surface area contributed by atoms with Gasteiger partial charge in [0, 0.05) is 49.6 Å². The minimum atomic E-state index is 0.604. The van der Waals surface area contributed by atoms with Crippen LogP contribution < -0.4 is 0 Å². The summed E-state index contributed by atoms with van der Waals surface area (Å²) in [7, 11) is 0. The Morgan fingerprint density at radius 3 is 1.49 bits per heavy atom. The molecule has 11 aromatic rings. The molecule has 0 atom stereocenters. The fourth-order valence-electron chi connectivity index (χ4n) is 8.71. The van der Waals surface area contributed by atoms with Gasteiger partial charge in [0.1, 0.15) is 0 Å². The summed E-state index contributed by atoms with van der Waals surface area (Å²) in [4.78, 5) is 3.70. The largest absolute Gasteiger partial charge is 0.309 e. The highest BCUT2D eigenvalue weighted by Crippen LogP contribution is 2.39. The summed E-state index contributed by atoms with van der Waals surface area (Å²) in [5, 5.41) is 17.4. The van der Waals surface area contributed by atoms with Crippen LogP contribution in [0.5, 0.6) is 0 Å². The summed E-state index contributed by atoms with van der Waals surface area (Å²) in [5.74, 6) is 0. The number of hydrogen-bond donors (Lipinski definition) is 0. The Kier molecular flexibility index (Phi) is 6.61. The van der Waals surface area contributed by atoms with Gasteiger partial charge >= 0.3 is 0 Å². The quantitative estimate of drug-likeness (QED) is 0.169. The molecule has 0 aliphatic heterocycles. The van der Waals surface area contributed by atoms with Gasteiger partial charge in [-0.2, -0.15) is 5.26 Å². The highest BCUT2D eigenvalue weighted by Gasteiger charge is 2.18. The highest BCUT2D eigenvalue weighted by atomic mass is 15.0. The van der Waals surface area contributed by atoms with E-state index in [-0.39, 0.29) is 0 Å². The number of rotatable bonds is 4. The van der Waals surface area contributed by atoms with E-state index in [0.29, 0.717) is 11.3 Å². The summed E-state index contributed by atoms with van der Waals surface area (Å²) >= 11 is 0. The topological polar surface area (TPSA) is 42.9 Å². The van der Waals surface area contributed by atoms with Crippen molar-refractivity contribution in [3.8, 4) is 34.3 Å². The van der Waals surface area contributed by atoms with E-state index in [1.54, 1.807) is 0 Å². The molecule has 0 radical (unpaired) electrons. The van der Waals surface area contributed by atoms with Crippen molar-refractivity contribution in [2.75, 3.05) is 0 Å². The molecule has 3 heterocycles. The monoisotopic (exact) mass is 699 g/mol. The second-order valence-corrected chi connectivity index (χ2v) is 14.0. The Labute approximate surface area is 316 Å². The number of benzene rings is 8. The van der Waals surface area contributed by atoms with Gasteiger partial charge in [0.15, 0.2) is 5.69 Å². The molecule has 11 rings (SSSR count). The van der Waals surface area contributed by atoms with Crippen molar-refractivity contribution in [1.29, 1.82) is 5.26 Å². The van der Waals surface area contributed by atoms with Gasteiger partial charge in [-0.3, -0.25) is 0 Å². The smallest absolute Gasteiger partial charge is 0.188 e. The third kappa shape index (κ3) is 4.51. The van der Waals surface area contributed by atoms with Gasteiger partial charge in [-0.1, -0.05) is 97.1 Å². The van der Waals surface area contributed by atoms with Crippen molar-refractivity contribution in [2.24, 2.45) is 0 Å². The Morgan fingerprint density at radius 2 is 0.891 bits per heavy atom. The van der Waals surface area contributed by atoms with Crippen molar-refractivity contribution in [3.63, 3.8) is 0 Å². The molecular weight excluding hydrogens is 671 g/mol. The average molecular weight is 700 g/mol. The van der Waals surface area contributed by atoms with Crippen molar-refractivity contribution in [3.05, 3.63) is 193 Å². The lowest BCUT2D eigenvalue weighted by Crippen LogP contribution is -1.98. The van der Waals surface area contributed by atoms with Crippen LogP contribution in [0.15, 0.2) is 176 Å². The minimum absolute atomic E-state index is 0.604. The standard InChI is InChI=1S/C50H29N5/c1-52-34-22-26-49-44(28-34)41-16-5-9-20-48(41)53(49)36-23-21-33(31-51)43(29-36)32-11-10-12-35(27-32)55-47-19-8-4-15-40(47)42-25-24-37(30-50(42)55)54-45-17-6-2-13-38(45)39-14-3-7-18-46(39)54/h2-30H. The second kappa shape index (κ2) is 11.8. The zero-order chi connectivity index (χ0) is 36.6. The fourth-order valence-corrected chi connectivity index (χ4v) is 8.71. The van der Waals surface area contributed by atoms with E-state index >= 15 is 0 Å². The maximum absolute atomic E-state index is 10.4. The molecule has 0 saturated carbocycles. The van der Waals surface area contributed by atoms with Crippen LogP contribution in [-0.4, -0.2) is 13.7 Å². The van der Waals surface area contributed by atoms with Crippen LogP contribution in [0.25, 0.3) is 98.5 Å². The maximum atomic E-state index is 10.4. The third-order valence-electron chi connectivity index (χ3n) is 11.1. The molecule has 0 amide bonds. The Morgan fingerprint density at radius 1 is 0.400 bits per heavy atom. The molecule has 0 aliphatic carbocycles. The molecule has 254 valence electrons. The molecule has 0 saturated heterocycles. The zero-order valence-electron chi connectivity index (χ0n) is 29.5. The number of nitriles is 1. The first kappa shape index (κ1) is 30.7. The fraction of sp³-hybridized carbons (Fsp3) is 0. The molecular formula is C50H29N5. The average Bonchev–Trinajstić information content (AvgIpc) is 3.88. The SMILES string of the molecule is [C-]#[N+]c1ccc2c(c1)c1ccccc1n2-c1ccc(C#N)c(-c2cccc(-n3c4ccccc4c4ccc(-n5c6ccccc6c6ccccc65)cc43)c2)c1. The summed E-state index contributed by atoms with van der Waals surface area (Å²) in [6.45, 7) is 7.61. The molecule has 0 fully saturated rings. The number of para-hydroxylation sites is 4. The Bertz CT molecular complexity index is 3420. The van der Waals surface area contributed by atoms with Crippen LogP contribution in [0, 0.1) is 17.9 Å². The summed E-state index contributed by atoms with van der Waals surface area (Å²) in [6, 6.07) is 63.8. The van der Waals surface area contributed by atoms with E-state index in [9.17, 15) is 5.26 Å². The van der Waals surface area contributed by atoms with E-state index in [1.165, 1.54) is 32.6 Å². The predicted molar refractivity (Wildman–Crippen MR) is 226 cm³/mol. The summed E-state index contributed by atoms with van der Waals surface area (Å²) in [5.41, 5.74) is 12.7. The minimum Gasteiger partial charge on any atom is -0.309 e. The highest BCUT2D eigenvalue weighted by molar-refractivity contribution is 6.13. The molecule has 0 N–H and O–H groups in total. The first-order valence-corrected chi connectivity index (χ1v) is 18.3. The van der Waals surface area contributed by atoms with Gasteiger partial charge in [-0.05, 0) is 89.8 Å². The molecule has 0 bridgehead atoms. The van der Waals surface area contributed by atoms with Crippen LogP contribution >= 0.6 is 0 Å². The van der Waals surface area contributed by atoms with Crippen molar-refractivity contribution < 1.29 is 0 Å². The van der Waals surface area contributed by atoms with E-state index in [0.717, 1.165) is 61.0 Å². The van der Waals surface area contributed by atoms with Crippen molar-refractivity contribution >= 4 is 71.1 Å². The van der Waals surface area contributed by atoms with E-state index in [4.69, 9.17) is 6.57 Å². The van der Waals surface area contributed by atoms with E-state index in [2.05, 4.69) is 158 Å². The van der Waals surface area contributed by atoms with E-state index in [1.807, 2.05) is 42.5 Å². The van der Waals surface area contributed by atoms with Gasteiger partial charge in [0.25, 0.3) is 0 Å². The van der Waals surface area contributed by atoms with Gasteiger partial charge < -0.3 is 13.7 Å². The van der Waals surface area contributed by atoms with Crippen LogP contribution in [0.3, 0.4) is 0 Å². The van der Waals surface area contributed by atoms with Crippen LogP contribution in [0.1, 0.15) is 5.56 Å². The molecule has 5 heteroatoms. The third-order valence-corrected chi connectivity index (χ3v) is 11.1. The number of fused-ring (bicyclic) bond motifs is 9. The molecule has 8 aromatic carbocycles. The lowest BCUT2D eigenvalue weighted by Gasteiger charge is -2.14. The summed E-state index contributed by atoms with van der Waals surface area (Å²) < 4.78 is 6.95. The first-order chi connectivity index (χ1) is 27.2. The predicted octanol–water partition coefficient (Wildman–Crippen LogP) is 13.1. The lowest BCUT2D eigenvalue weighted by molar-refractivity contribution is 1.15. The zero-order valence-corrected chi connectivity index (χ0v) is 29.5. The van der Waals surface area contributed by atoms with Gasteiger partial charge in [0.05, 0.1) is 51.3 Å². The molecule has 0 spiro atoms. The van der Waals surface area contributed by atoms with E-state index < -0.39 is 0 Å². The molecule has 55 heavy (non-hydrogen) atoms. The van der Waals surface area contributed by atoms with Gasteiger partial charge in [-0.25, -0.2) is 4.85 Å². The number of aromatic nitrogens is 3. The number of hydrogen-bond acceptors (Lipinski definition) is 1. The van der Waals surface area contributed by atoms with Gasteiger partial charge in [0.2, 0.25) is 0 Å². The molecule has 5 nitrogen and oxygen atoms in total. The van der Waals surface area contributed by atoms with Crippen LogP contribution in [-0.2, 0) is 0 Å². The van der Waals surface area contributed by atoms with Gasteiger partial charge in [-0.15, -0.1) is 0 Å². The molecule has 0 unspecified atom stereocenters. The number of nitrogens with zero attached hydrogens (tertiary/aromatic N) is 5. The van der Waals surface area contributed by atoms with Crippen LogP contribution in [0.4, 0.5) is 5.69 Å². The Balaban J connectivity index is 1.12.